The smallest absolute Gasteiger partial charge is 0.202 e. The Morgan fingerprint density at radius 1 is 0.396 bits per heavy atom. The van der Waals surface area contributed by atoms with E-state index in [1.807, 2.05) is 0 Å². The Morgan fingerprint density at radius 2 is 0.750 bits per heavy atom. The molecule has 48 heavy (non-hydrogen) atoms. The van der Waals surface area contributed by atoms with Crippen LogP contribution in [0.5, 0.6) is 0 Å². The SMILES string of the molecule is c1cc2cccc3c4ccc(N=C(N5CCOCC5)N5CCOCC5)c5c(N=C(N6CCOCC6)N6CCOCC6)ccc(c(c1)c23)c54. The lowest BCUT2D eigenvalue weighted by atomic mass is 9.89. The van der Waals surface area contributed by atoms with Crippen LogP contribution in [0.15, 0.2) is 70.6 Å². The highest BCUT2D eigenvalue weighted by Gasteiger charge is 2.27. The summed E-state index contributed by atoms with van der Waals surface area (Å²) in [7, 11) is 0. The van der Waals surface area contributed by atoms with Crippen LogP contribution in [0.2, 0.25) is 0 Å². The van der Waals surface area contributed by atoms with Gasteiger partial charge in [0.1, 0.15) is 0 Å². The van der Waals surface area contributed by atoms with E-state index in [1.54, 1.807) is 0 Å². The van der Waals surface area contributed by atoms with Gasteiger partial charge < -0.3 is 38.5 Å². The van der Waals surface area contributed by atoms with Crippen molar-refractivity contribution in [1.29, 1.82) is 0 Å². The Bertz CT molecular complexity index is 1810. The maximum absolute atomic E-state index is 5.77. The van der Waals surface area contributed by atoms with Crippen molar-refractivity contribution in [2.24, 2.45) is 9.98 Å². The molecule has 0 N–H and O–H groups in total. The minimum Gasteiger partial charge on any atom is -0.378 e. The number of rotatable bonds is 2. The molecule has 0 aliphatic carbocycles. The fourth-order valence-corrected chi connectivity index (χ4v) is 7.84. The largest absolute Gasteiger partial charge is 0.378 e. The van der Waals surface area contributed by atoms with Gasteiger partial charge in [-0.3, -0.25) is 0 Å². The third kappa shape index (κ3) is 5.37. The predicted molar refractivity (Wildman–Crippen MR) is 191 cm³/mol. The van der Waals surface area contributed by atoms with Crippen molar-refractivity contribution in [1.82, 2.24) is 19.6 Å². The summed E-state index contributed by atoms with van der Waals surface area (Å²) >= 11 is 0. The summed E-state index contributed by atoms with van der Waals surface area (Å²) in [6, 6.07) is 22.3. The van der Waals surface area contributed by atoms with Crippen molar-refractivity contribution in [2.45, 2.75) is 0 Å². The molecular formula is C38H42N6O4. The molecular weight excluding hydrogens is 604 g/mol. The zero-order chi connectivity index (χ0) is 31.9. The predicted octanol–water partition coefficient (Wildman–Crippen LogP) is 5.04. The van der Waals surface area contributed by atoms with Crippen molar-refractivity contribution in [3.63, 3.8) is 0 Å². The number of ether oxygens (including phenoxy) is 4. The molecule has 0 radical (unpaired) electrons. The van der Waals surface area contributed by atoms with E-state index < -0.39 is 0 Å². The minimum atomic E-state index is 0.700. The summed E-state index contributed by atoms with van der Waals surface area (Å²) in [5.41, 5.74) is 1.88. The van der Waals surface area contributed by atoms with Gasteiger partial charge in [-0.05, 0) is 44.5 Å². The Balaban J connectivity index is 1.32. The van der Waals surface area contributed by atoms with Crippen molar-refractivity contribution in [3.05, 3.63) is 60.7 Å². The zero-order valence-electron chi connectivity index (χ0n) is 27.4. The van der Waals surface area contributed by atoms with E-state index in [0.717, 1.165) is 81.0 Å². The summed E-state index contributed by atoms with van der Waals surface area (Å²) in [6.45, 7) is 12.1. The Hall–Kier alpha value is -4.22. The van der Waals surface area contributed by atoms with Crippen LogP contribution in [0.3, 0.4) is 0 Å². The fourth-order valence-electron chi connectivity index (χ4n) is 7.84. The van der Waals surface area contributed by atoms with Gasteiger partial charge in [-0.1, -0.05) is 48.5 Å². The highest BCUT2D eigenvalue weighted by atomic mass is 16.5. The molecule has 0 aromatic heterocycles. The zero-order valence-corrected chi connectivity index (χ0v) is 27.4. The van der Waals surface area contributed by atoms with Gasteiger partial charge in [0, 0.05) is 63.1 Å². The standard InChI is InChI=1S/C38H42N6O4/c1-3-27-4-2-6-29-31-8-10-33(40-38(43-15-23-47-24-16-43)44-17-25-48-26-18-44)36-32(9-7-30(35(31)36)28(5-1)34(27)29)39-37(41-11-19-45-20-12-41)42-13-21-46-22-14-42/h1-10H,11-26H2. The summed E-state index contributed by atoms with van der Waals surface area (Å²) in [5.74, 6) is 1.99. The molecule has 4 saturated heterocycles. The van der Waals surface area contributed by atoms with E-state index in [9.17, 15) is 0 Å². The second-order valence-electron chi connectivity index (χ2n) is 12.9. The van der Waals surface area contributed by atoms with Gasteiger partial charge in [-0.25, -0.2) is 9.98 Å². The van der Waals surface area contributed by atoms with Crippen LogP contribution in [0, 0.1) is 0 Å². The number of nitrogens with zero attached hydrogens (tertiary/aromatic N) is 6. The van der Waals surface area contributed by atoms with Crippen LogP contribution in [0.1, 0.15) is 0 Å². The molecule has 9 rings (SSSR count). The third-order valence-corrected chi connectivity index (χ3v) is 10.2. The van der Waals surface area contributed by atoms with E-state index >= 15 is 0 Å². The molecule has 0 unspecified atom stereocenters. The van der Waals surface area contributed by atoms with Crippen LogP contribution >= 0.6 is 0 Å². The molecule has 4 aliphatic rings. The van der Waals surface area contributed by atoms with E-state index in [-0.39, 0.29) is 0 Å². The summed E-state index contributed by atoms with van der Waals surface area (Å²) in [4.78, 5) is 20.7. The fraction of sp³-hybridized carbons (Fsp3) is 0.421. The molecule has 0 saturated carbocycles. The van der Waals surface area contributed by atoms with E-state index in [4.69, 9.17) is 28.9 Å². The van der Waals surface area contributed by atoms with Gasteiger partial charge in [-0.2, -0.15) is 0 Å². The van der Waals surface area contributed by atoms with Gasteiger partial charge in [-0.15, -0.1) is 0 Å². The third-order valence-electron chi connectivity index (χ3n) is 10.2. The Kier molecular flexibility index (Phi) is 8.10. The number of benzene rings is 5. The average Bonchev–Trinajstić information content (AvgIpc) is 3.16. The second-order valence-corrected chi connectivity index (χ2v) is 12.9. The van der Waals surface area contributed by atoms with Crippen molar-refractivity contribution < 1.29 is 18.9 Å². The summed E-state index contributed by atoms with van der Waals surface area (Å²) in [5, 5.41) is 9.88. The minimum absolute atomic E-state index is 0.700. The second kappa shape index (κ2) is 13.0. The van der Waals surface area contributed by atoms with E-state index in [1.165, 1.54) is 37.7 Å². The number of hydrogen-bond acceptors (Lipinski definition) is 6. The number of fused-ring (bicyclic) bond motifs is 2. The molecule has 10 nitrogen and oxygen atoms in total. The van der Waals surface area contributed by atoms with Crippen LogP contribution in [0.4, 0.5) is 11.4 Å². The highest BCUT2D eigenvalue weighted by Crippen LogP contribution is 2.46. The van der Waals surface area contributed by atoms with Crippen LogP contribution < -0.4 is 0 Å². The van der Waals surface area contributed by atoms with Crippen LogP contribution in [-0.2, 0) is 18.9 Å². The van der Waals surface area contributed by atoms with Gasteiger partial charge in [0.15, 0.2) is 0 Å². The lowest BCUT2D eigenvalue weighted by Crippen LogP contribution is -2.52. The van der Waals surface area contributed by atoms with E-state index in [0.29, 0.717) is 52.9 Å². The number of hydrogen-bond donors (Lipinski definition) is 0. The topological polar surface area (TPSA) is 74.6 Å². The molecule has 0 bridgehead atoms. The normalized spacial score (nSPS) is 19.5. The molecule has 0 amide bonds. The molecule has 0 spiro atoms. The molecule has 0 atom stereocenters. The van der Waals surface area contributed by atoms with Crippen molar-refractivity contribution in [2.75, 3.05) is 105 Å². The molecule has 4 fully saturated rings. The lowest BCUT2D eigenvalue weighted by molar-refractivity contribution is 0.0422. The monoisotopic (exact) mass is 646 g/mol. The first-order chi connectivity index (χ1) is 23.8. The molecule has 5 aromatic rings. The van der Waals surface area contributed by atoms with Crippen molar-refractivity contribution >= 4 is 66.4 Å². The van der Waals surface area contributed by atoms with E-state index in [2.05, 4.69) is 80.3 Å². The average molecular weight is 647 g/mol. The quantitative estimate of drug-likeness (QED) is 0.114. The maximum atomic E-state index is 5.77. The van der Waals surface area contributed by atoms with Gasteiger partial charge >= 0.3 is 0 Å². The van der Waals surface area contributed by atoms with Gasteiger partial charge in [0.05, 0.1) is 64.2 Å². The molecule has 4 aliphatic heterocycles. The molecule has 4 heterocycles. The van der Waals surface area contributed by atoms with Crippen LogP contribution in [-0.4, -0.2) is 137 Å². The molecule has 248 valence electrons. The Labute approximate surface area is 280 Å². The first-order valence-corrected chi connectivity index (χ1v) is 17.4. The number of guanidine groups is 2. The maximum Gasteiger partial charge on any atom is 0.202 e. The number of aliphatic imine (C=N–C) groups is 2. The summed E-state index contributed by atoms with van der Waals surface area (Å²) < 4.78 is 23.1. The number of morpholine rings is 4. The first kappa shape index (κ1) is 29.9. The first-order valence-electron chi connectivity index (χ1n) is 17.4. The van der Waals surface area contributed by atoms with Crippen molar-refractivity contribution in [3.8, 4) is 0 Å². The molecule has 10 heteroatoms. The molecule has 5 aromatic carbocycles. The highest BCUT2D eigenvalue weighted by molar-refractivity contribution is 6.35. The lowest BCUT2D eigenvalue weighted by Gasteiger charge is -2.38. The Morgan fingerprint density at radius 3 is 1.12 bits per heavy atom. The van der Waals surface area contributed by atoms with Gasteiger partial charge in [0.2, 0.25) is 11.9 Å². The van der Waals surface area contributed by atoms with Gasteiger partial charge in [0.25, 0.3) is 0 Å². The van der Waals surface area contributed by atoms with Crippen LogP contribution in [0.25, 0.3) is 43.1 Å². The summed E-state index contributed by atoms with van der Waals surface area (Å²) in [6.07, 6.45) is 0.